The first-order valence-electron chi connectivity index (χ1n) is 6.44. The fourth-order valence-corrected chi connectivity index (χ4v) is 2.14. The van der Waals surface area contributed by atoms with Gasteiger partial charge in [0.2, 0.25) is 0 Å². The number of hydrogen-bond donors (Lipinski definition) is 0. The first kappa shape index (κ1) is 13.1. The average Bonchev–Trinajstić information content (AvgIpc) is 2.79. The van der Waals surface area contributed by atoms with Gasteiger partial charge in [-0.05, 0) is 31.0 Å². The molecule has 0 spiro atoms. The van der Waals surface area contributed by atoms with E-state index in [-0.39, 0.29) is 0 Å². The van der Waals surface area contributed by atoms with Crippen LogP contribution in [0.15, 0.2) is 30.5 Å². The third-order valence-electron chi connectivity index (χ3n) is 3.15. The topological polar surface area (TPSA) is 23.4 Å². The number of fused-ring (bicyclic) bond motifs is 1. The Kier molecular flexibility index (Phi) is 4.79. The molecule has 0 bridgehead atoms. The number of nitrogens with zero attached hydrogens (tertiary/aromatic N) is 1. The summed E-state index contributed by atoms with van der Waals surface area (Å²) >= 11 is 0. The van der Waals surface area contributed by atoms with Crippen molar-refractivity contribution in [2.45, 2.75) is 19.9 Å². The number of methoxy groups -OCH3 is 1. The van der Waals surface area contributed by atoms with E-state index in [1.807, 2.05) is 0 Å². The minimum atomic E-state index is 0.751. The summed E-state index contributed by atoms with van der Waals surface area (Å²) in [7, 11) is 1.72. The first-order valence-corrected chi connectivity index (χ1v) is 6.44. The highest BCUT2D eigenvalue weighted by molar-refractivity contribution is 5.83. The number of aromatic nitrogens is 1. The van der Waals surface area contributed by atoms with Crippen LogP contribution in [-0.4, -0.2) is 31.5 Å². The summed E-state index contributed by atoms with van der Waals surface area (Å²) in [6, 6.07) is 8.59. The lowest BCUT2D eigenvalue weighted by Gasteiger charge is -2.07. The summed E-state index contributed by atoms with van der Waals surface area (Å²) in [5, 5.41) is 1.33. The van der Waals surface area contributed by atoms with Gasteiger partial charge in [0.15, 0.2) is 0 Å². The van der Waals surface area contributed by atoms with Crippen molar-refractivity contribution in [1.82, 2.24) is 4.57 Å². The number of rotatable bonds is 7. The quantitative estimate of drug-likeness (QED) is 0.702. The van der Waals surface area contributed by atoms with E-state index in [9.17, 15) is 0 Å². The van der Waals surface area contributed by atoms with Crippen LogP contribution in [0.2, 0.25) is 0 Å². The normalized spacial score (nSPS) is 11.2. The molecule has 0 atom stereocenters. The van der Waals surface area contributed by atoms with E-state index in [1.165, 1.54) is 16.5 Å². The molecule has 0 radical (unpaired) electrons. The van der Waals surface area contributed by atoms with Gasteiger partial charge in [-0.15, -0.1) is 0 Å². The molecule has 1 heterocycles. The van der Waals surface area contributed by atoms with Gasteiger partial charge in [-0.3, -0.25) is 0 Å². The first-order chi connectivity index (χ1) is 8.83. The zero-order valence-corrected chi connectivity index (χ0v) is 11.2. The maximum atomic E-state index is 5.59. The Labute approximate surface area is 108 Å². The van der Waals surface area contributed by atoms with Crippen molar-refractivity contribution in [2.75, 3.05) is 26.9 Å². The van der Waals surface area contributed by atoms with Crippen LogP contribution < -0.4 is 0 Å². The minimum Gasteiger partial charge on any atom is -0.385 e. The molecule has 0 N–H and O–H groups in total. The number of hydrogen-bond acceptors (Lipinski definition) is 2. The van der Waals surface area contributed by atoms with Crippen LogP contribution in [0, 0.1) is 6.92 Å². The average molecular weight is 247 g/mol. The van der Waals surface area contributed by atoms with Gasteiger partial charge in [0, 0.05) is 44.0 Å². The number of ether oxygens (including phenoxy) is 2. The van der Waals surface area contributed by atoms with Gasteiger partial charge < -0.3 is 14.0 Å². The molecule has 0 saturated carbocycles. The van der Waals surface area contributed by atoms with Crippen molar-refractivity contribution < 1.29 is 9.47 Å². The molecule has 0 saturated heterocycles. The number of benzene rings is 1. The molecule has 0 aliphatic rings. The molecule has 0 amide bonds. The fraction of sp³-hybridized carbons (Fsp3) is 0.467. The third kappa shape index (κ3) is 3.12. The summed E-state index contributed by atoms with van der Waals surface area (Å²) < 4.78 is 12.8. The van der Waals surface area contributed by atoms with Crippen LogP contribution >= 0.6 is 0 Å². The predicted octanol–water partition coefficient (Wildman–Crippen LogP) is 3.00. The van der Waals surface area contributed by atoms with Gasteiger partial charge in [0.1, 0.15) is 0 Å². The highest BCUT2D eigenvalue weighted by Crippen LogP contribution is 2.19. The maximum Gasteiger partial charge on any atom is 0.0645 e. The lowest BCUT2D eigenvalue weighted by Crippen LogP contribution is -2.07. The summed E-state index contributed by atoms with van der Waals surface area (Å²) in [5.74, 6) is 0. The highest BCUT2D eigenvalue weighted by Gasteiger charge is 2.02. The molecule has 1 aromatic carbocycles. The van der Waals surface area contributed by atoms with Crippen LogP contribution in [0.25, 0.3) is 10.9 Å². The molecule has 3 nitrogen and oxygen atoms in total. The lowest BCUT2D eigenvalue weighted by molar-refractivity contribution is 0.0982. The molecule has 2 rings (SSSR count). The monoisotopic (exact) mass is 247 g/mol. The van der Waals surface area contributed by atoms with Gasteiger partial charge in [0.05, 0.1) is 6.61 Å². The largest absolute Gasteiger partial charge is 0.385 e. The van der Waals surface area contributed by atoms with Crippen molar-refractivity contribution in [3.8, 4) is 0 Å². The molecule has 18 heavy (non-hydrogen) atoms. The van der Waals surface area contributed by atoms with E-state index in [0.717, 1.165) is 32.8 Å². The van der Waals surface area contributed by atoms with E-state index in [4.69, 9.17) is 9.47 Å². The standard InChI is InChI=1S/C15H21NO2/c1-13-5-3-6-15-14(13)7-8-16(15)9-12-18-11-4-10-17-2/h3,5-8H,4,9-12H2,1-2H3. The van der Waals surface area contributed by atoms with E-state index in [2.05, 4.69) is 42.0 Å². The zero-order valence-electron chi connectivity index (χ0n) is 11.2. The molecular weight excluding hydrogens is 226 g/mol. The van der Waals surface area contributed by atoms with Crippen molar-refractivity contribution in [1.29, 1.82) is 0 Å². The van der Waals surface area contributed by atoms with Crippen molar-refractivity contribution >= 4 is 10.9 Å². The second-order valence-electron chi connectivity index (χ2n) is 4.48. The molecule has 1 aromatic heterocycles. The summed E-state index contributed by atoms with van der Waals surface area (Å²) in [4.78, 5) is 0. The molecule has 0 fully saturated rings. The molecule has 98 valence electrons. The van der Waals surface area contributed by atoms with E-state index >= 15 is 0 Å². The van der Waals surface area contributed by atoms with E-state index in [0.29, 0.717) is 0 Å². The molecule has 0 aliphatic carbocycles. The Morgan fingerprint density at radius 2 is 2.00 bits per heavy atom. The summed E-state index contributed by atoms with van der Waals surface area (Å²) in [6.07, 6.45) is 3.10. The van der Waals surface area contributed by atoms with Crippen molar-refractivity contribution in [3.05, 3.63) is 36.0 Å². The van der Waals surface area contributed by atoms with Crippen molar-refractivity contribution in [3.63, 3.8) is 0 Å². The van der Waals surface area contributed by atoms with Crippen LogP contribution in [0.4, 0.5) is 0 Å². The SMILES string of the molecule is COCCCOCCn1ccc2c(C)cccc21. The lowest BCUT2D eigenvalue weighted by atomic mass is 10.1. The van der Waals surface area contributed by atoms with Gasteiger partial charge in [-0.2, -0.15) is 0 Å². The highest BCUT2D eigenvalue weighted by atomic mass is 16.5. The molecule has 3 heteroatoms. The van der Waals surface area contributed by atoms with E-state index in [1.54, 1.807) is 7.11 Å². The Hall–Kier alpha value is -1.32. The van der Waals surface area contributed by atoms with Gasteiger partial charge >= 0.3 is 0 Å². The Bertz CT molecular complexity index is 490. The Morgan fingerprint density at radius 1 is 1.11 bits per heavy atom. The molecular formula is C15H21NO2. The third-order valence-corrected chi connectivity index (χ3v) is 3.15. The smallest absolute Gasteiger partial charge is 0.0645 e. The van der Waals surface area contributed by atoms with E-state index < -0.39 is 0 Å². The van der Waals surface area contributed by atoms with Crippen LogP contribution in [0.5, 0.6) is 0 Å². The van der Waals surface area contributed by atoms with Crippen LogP contribution in [-0.2, 0) is 16.0 Å². The minimum absolute atomic E-state index is 0.751. The second-order valence-corrected chi connectivity index (χ2v) is 4.48. The molecule has 0 aliphatic heterocycles. The Morgan fingerprint density at radius 3 is 2.83 bits per heavy atom. The Balaban J connectivity index is 1.86. The van der Waals surface area contributed by atoms with Crippen molar-refractivity contribution in [2.24, 2.45) is 0 Å². The fourth-order valence-electron chi connectivity index (χ4n) is 2.14. The predicted molar refractivity (Wildman–Crippen MR) is 74.0 cm³/mol. The summed E-state index contributed by atoms with van der Waals surface area (Å²) in [6.45, 7) is 5.34. The van der Waals surface area contributed by atoms with Crippen LogP contribution in [0.1, 0.15) is 12.0 Å². The van der Waals surface area contributed by atoms with Gasteiger partial charge in [-0.25, -0.2) is 0 Å². The molecule has 0 unspecified atom stereocenters. The zero-order chi connectivity index (χ0) is 12.8. The second kappa shape index (κ2) is 6.57. The van der Waals surface area contributed by atoms with Gasteiger partial charge in [0.25, 0.3) is 0 Å². The summed E-state index contributed by atoms with van der Waals surface area (Å²) in [5.41, 5.74) is 2.61. The van der Waals surface area contributed by atoms with Gasteiger partial charge in [-0.1, -0.05) is 12.1 Å². The van der Waals surface area contributed by atoms with Crippen LogP contribution in [0.3, 0.4) is 0 Å². The number of aryl methyl sites for hydroxylation is 1. The molecule has 2 aromatic rings. The maximum absolute atomic E-state index is 5.59.